The number of carbonyl (C=O) groups is 1. The summed E-state index contributed by atoms with van der Waals surface area (Å²) < 4.78 is 5.62. The summed E-state index contributed by atoms with van der Waals surface area (Å²) in [6.45, 7) is 1.73. The Morgan fingerprint density at radius 3 is 2.86 bits per heavy atom. The predicted octanol–water partition coefficient (Wildman–Crippen LogP) is 4.82. The number of nitrogens with one attached hydrogen (secondary N) is 2. The van der Waals surface area contributed by atoms with Crippen LogP contribution in [0.1, 0.15) is 6.92 Å². The lowest BCUT2D eigenvalue weighted by atomic mass is 10.1. The summed E-state index contributed by atoms with van der Waals surface area (Å²) in [7, 11) is 0. The summed E-state index contributed by atoms with van der Waals surface area (Å²) in [5.74, 6) is 1.23. The lowest BCUT2D eigenvalue weighted by Gasteiger charge is -2.23. The van der Waals surface area contributed by atoms with Crippen molar-refractivity contribution in [3.8, 4) is 16.9 Å². The minimum atomic E-state index is -0.493. The van der Waals surface area contributed by atoms with Crippen LogP contribution in [0.25, 0.3) is 21.3 Å². The molecule has 6 nitrogen and oxygen atoms in total. The van der Waals surface area contributed by atoms with Gasteiger partial charge < -0.3 is 15.4 Å². The molecule has 2 N–H and O–H groups in total. The number of hydrogen-bond donors (Lipinski definition) is 2. The summed E-state index contributed by atoms with van der Waals surface area (Å²) in [5, 5.41) is 9.32. The molecule has 1 aliphatic heterocycles. The molecule has 0 spiro atoms. The number of fused-ring (bicyclic) bond motifs is 2. The van der Waals surface area contributed by atoms with Crippen LogP contribution in [-0.2, 0) is 4.79 Å². The summed E-state index contributed by atoms with van der Waals surface area (Å²) in [4.78, 5) is 21.7. The molecule has 0 bridgehead atoms. The fourth-order valence-electron chi connectivity index (χ4n) is 3.22. The summed E-state index contributed by atoms with van der Waals surface area (Å²) >= 11 is 1.59. The zero-order chi connectivity index (χ0) is 19.1. The van der Waals surface area contributed by atoms with Crippen LogP contribution < -0.4 is 15.4 Å². The van der Waals surface area contributed by atoms with Crippen molar-refractivity contribution in [1.82, 2.24) is 9.97 Å². The highest BCUT2D eigenvalue weighted by Gasteiger charge is 2.23. The van der Waals surface area contributed by atoms with E-state index in [4.69, 9.17) is 4.74 Å². The van der Waals surface area contributed by atoms with Crippen LogP contribution >= 0.6 is 11.3 Å². The number of nitrogens with zero attached hydrogens (tertiary/aromatic N) is 2. The Morgan fingerprint density at radius 1 is 1.14 bits per heavy atom. The second kappa shape index (κ2) is 6.61. The molecule has 2 aromatic heterocycles. The highest BCUT2D eigenvalue weighted by Crippen LogP contribution is 2.38. The number of carbonyl (C=O) groups excluding carboxylic acids is 1. The topological polar surface area (TPSA) is 76.1 Å². The summed E-state index contributed by atoms with van der Waals surface area (Å²) in [6.07, 6.45) is 1.06. The molecule has 0 fully saturated rings. The predicted molar refractivity (Wildman–Crippen MR) is 111 cm³/mol. The number of hydrogen-bond acceptors (Lipinski definition) is 6. The van der Waals surface area contributed by atoms with Crippen molar-refractivity contribution >= 4 is 44.7 Å². The van der Waals surface area contributed by atoms with E-state index in [2.05, 4.69) is 38.1 Å². The molecule has 0 saturated heterocycles. The van der Waals surface area contributed by atoms with Gasteiger partial charge in [-0.25, -0.2) is 9.97 Å². The Hall–Kier alpha value is -3.45. The largest absolute Gasteiger partial charge is 0.479 e. The molecule has 1 aliphatic rings. The van der Waals surface area contributed by atoms with Crippen LogP contribution in [0.4, 0.5) is 17.2 Å². The standard InChI is InChI=1S/C21H16N4O2S/c1-12-20(26)25-16-9-14(7-8-17(16)27-12)24-19-18-15(13-5-3-2-4-6-13)10-28-21(18)23-11-22-19/h2-12H,1H3,(H,25,26)(H,22,23,24). The van der Waals surface area contributed by atoms with Gasteiger partial charge in [0, 0.05) is 16.6 Å². The monoisotopic (exact) mass is 388 g/mol. The number of thiophene rings is 1. The third kappa shape index (κ3) is 2.86. The fraction of sp³-hybridized carbons (Fsp3) is 0.0952. The first-order chi connectivity index (χ1) is 13.7. The van der Waals surface area contributed by atoms with E-state index in [1.165, 1.54) is 0 Å². The maximum atomic E-state index is 11.9. The Kier molecular flexibility index (Phi) is 3.95. The van der Waals surface area contributed by atoms with E-state index >= 15 is 0 Å². The van der Waals surface area contributed by atoms with Crippen LogP contribution in [0.5, 0.6) is 5.75 Å². The number of aromatic nitrogens is 2. The Labute approximate surface area is 165 Å². The fourth-order valence-corrected chi connectivity index (χ4v) is 4.14. The molecule has 0 saturated carbocycles. The van der Waals surface area contributed by atoms with Gasteiger partial charge in [0.2, 0.25) is 0 Å². The minimum absolute atomic E-state index is 0.154. The molecule has 0 radical (unpaired) electrons. The van der Waals surface area contributed by atoms with Gasteiger partial charge in [0.25, 0.3) is 5.91 Å². The second-order valence-electron chi connectivity index (χ2n) is 6.50. The average molecular weight is 388 g/mol. The minimum Gasteiger partial charge on any atom is -0.479 e. The molecule has 7 heteroatoms. The molecule has 1 atom stereocenters. The van der Waals surface area contributed by atoms with Crippen LogP contribution in [0.3, 0.4) is 0 Å². The first-order valence-corrected chi connectivity index (χ1v) is 9.73. The van der Waals surface area contributed by atoms with E-state index in [0.29, 0.717) is 11.4 Å². The smallest absolute Gasteiger partial charge is 0.265 e. The lowest BCUT2D eigenvalue weighted by molar-refractivity contribution is -0.122. The summed E-state index contributed by atoms with van der Waals surface area (Å²) in [5.41, 5.74) is 3.66. The maximum Gasteiger partial charge on any atom is 0.265 e. The van der Waals surface area contributed by atoms with E-state index in [1.54, 1.807) is 24.6 Å². The van der Waals surface area contributed by atoms with E-state index in [-0.39, 0.29) is 5.91 Å². The highest BCUT2D eigenvalue weighted by atomic mass is 32.1. The lowest BCUT2D eigenvalue weighted by Crippen LogP contribution is -2.34. The van der Waals surface area contributed by atoms with Crippen molar-refractivity contribution in [2.45, 2.75) is 13.0 Å². The summed E-state index contributed by atoms with van der Waals surface area (Å²) in [6, 6.07) is 15.8. The zero-order valence-corrected chi connectivity index (χ0v) is 15.8. The van der Waals surface area contributed by atoms with E-state index < -0.39 is 6.10 Å². The molecule has 4 aromatic rings. The van der Waals surface area contributed by atoms with E-state index in [1.807, 2.05) is 36.4 Å². The van der Waals surface area contributed by atoms with Crippen molar-refractivity contribution < 1.29 is 9.53 Å². The first kappa shape index (κ1) is 16.7. The molecule has 2 aromatic carbocycles. The molecule has 0 aliphatic carbocycles. The average Bonchev–Trinajstić information content (AvgIpc) is 3.15. The number of amides is 1. The van der Waals surface area contributed by atoms with Gasteiger partial charge in [-0.05, 0) is 30.7 Å². The first-order valence-electron chi connectivity index (χ1n) is 8.85. The third-order valence-electron chi connectivity index (χ3n) is 4.63. The Bertz CT molecular complexity index is 1190. The zero-order valence-electron chi connectivity index (χ0n) is 15.0. The Balaban J connectivity index is 1.55. The van der Waals surface area contributed by atoms with Crippen LogP contribution in [-0.4, -0.2) is 22.0 Å². The second-order valence-corrected chi connectivity index (χ2v) is 7.36. The Morgan fingerprint density at radius 2 is 2.00 bits per heavy atom. The quantitative estimate of drug-likeness (QED) is 0.526. The third-order valence-corrected chi connectivity index (χ3v) is 5.51. The van der Waals surface area contributed by atoms with Crippen molar-refractivity contribution in [2.75, 3.05) is 10.6 Å². The van der Waals surface area contributed by atoms with Gasteiger partial charge in [0.05, 0.1) is 11.1 Å². The number of rotatable bonds is 3. The number of ether oxygens (including phenoxy) is 1. The molecule has 1 unspecified atom stereocenters. The SMILES string of the molecule is CC1Oc2ccc(Nc3ncnc4scc(-c5ccccc5)c34)cc2NC1=O. The molecule has 28 heavy (non-hydrogen) atoms. The molecular weight excluding hydrogens is 372 g/mol. The molecule has 3 heterocycles. The van der Waals surface area contributed by atoms with Gasteiger partial charge in [-0.3, -0.25) is 4.79 Å². The van der Waals surface area contributed by atoms with Crippen molar-refractivity contribution in [2.24, 2.45) is 0 Å². The molecule has 1 amide bonds. The van der Waals surface area contributed by atoms with Crippen LogP contribution in [0, 0.1) is 0 Å². The molecular formula is C21H16N4O2S. The van der Waals surface area contributed by atoms with Gasteiger partial charge in [-0.2, -0.15) is 0 Å². The molecule has 5 rings (SSSR count). The number of anilines is 3. The number of benzene rings is 2. The van der Waals surface area contributed by atoms with Crippen molar-refractivity contribution in [1.29, 1.82) is 0 Å². The maximum absolute atomic E-state index is 11.9. The van der Waals surface area contributed by atoms with E-state index in [9.17, 15) is 4.79 Å². The van der Waals surface area contributed by atoms with Gasteiger partial charge >= 0.3 is 0 Å². The van der Waals surface area contributed by atoms with Gasteiger partial charge in [0.15, 0.2) is 6.10 Å². The van der Waals surface area contributed by atoms with Crippen molar-refractivity contribution in [3.05, 3.63) is 60.2 Å². The van der Waals surface area contributed by atoms with Crippen LogP contribution in [0.15, 0.2) is 60.2 Å². The van der Waals surface area contributed by atoms with Gasteiger partial charge in [-0.1, -0.05) is 30.3 Å². The van der Waals surface area contributed by atoms with Crippen LogP contribution in [0.2, 0.25) is 0 Å². The normalized spacial score (nSPS) is 15.6. The van der Waals surface area contributed by atoms with E-state index in [0.717, 1.165) is 32.8 Å². The molecule has 138 valence electrons. The van der Waals surface area contributed by atoms with Crippen molar-refractivity contribution in [3.63, 3.8) is 0 Å². The highest BCUT2D eigenvalue weighted by molar-refractivity contribution is 7.17. The van der Waals surface area contributed by atoms with Gasteiger partial charge in [0.1, 0.15) is 22.7 Å². The van der Waals surface area contributed by atoms with Gasteiger partial charge in [-0.15, -0.1) is 11.3 Å².